The molecule has 1 heterocycles. The summed E-state index contributed by atoms with van der Waals surface area (Å²) in [5, 5.41) is 3.76. The van der Waals surface area contributed by atoms with Gasteiger partial charge in [-0.25, -0.2) is 4.98 Å². The van der Waals surface area contributed by atoms with Crippen LogP contribution in [0.5, 0.6) is 0 Å². The lowest BCUT2D eigenvalue weighted by molar-refractivity contribution is 0.0940. The van der Waals surface area contributed by atoms with Crippen LogP contribution in [0.3, 0.4) is 0 Å². The van der Waals surface area contributed by atoms with Gasteiger partial charge in [0.15, 0.2) is 0 Å². The van der Waals surface area contributed by atoms with E-state index < -0.39 is 0 Å². The van der Waals surface area contributed by atoms with Crippen molar-refractivity contribution in [2.45, 2.75) is 19.9 Å². The van der Waals surface area contributed by atoms with Gasteiger partial charge in [-0.05, 0) is 43.2 Å². The summed E-state index contributed by atoms with van der Waals surface area (Å²) in [7, 11) is 1.91. The molecule has 3 aromatic rings. The first kappa shape index (κ1) is 17.2. The second kappa shape index (κ2) is 7.11. The molecule has 0 radical (unpaired) electrons. The van der Waals surface area contributed by atoms with Gasteiger partial charge in [0.05, 0.1) is 0 Å². The maximum Gasteiger partial charge on any atom is 0.252 e. The predicted molar refractivity (Wildman–Crippen MR) is 99.9 cm³/mol. The van der Waals surface area contributed by atoms with Gasteiger partial charge < -0.3 is 9.88 Å². The molecule has 1 amide bonds. The number of amides is 1. The Bertz CT molecular complexity index is 900. The summed E-state index contributed by atoms with van der Waals surface area (Å²) in [5.74, 6) is 0.640. The molecular weight excluding hydrogens is 334 g/mol. The molecule has 2 aromatic carbocycles. The molecule has 0 unspecified atom stereocenters. The summed E-state index contributed by atoms with van der Waals surface area (Å²) in [6.07, 6.45) is 3.59. The Kier molecular flexibility index (Phi) is 4.91. The number of aromatic nitrogens is 2. The highest BCUT2D eigenvalue weighted by Gasteiger charge is 2.22. The van der Waals surface area contributed by atoms with Gasteiger partial charge in [-0.15, -0.1) is 0 Å². The SMILES string of the molecule is Cc1ccc(C(=O)N[C@H](c2ccc(Cl)cc2)c2nccn2C)c(C)c1. The van der Waals surface area contributed by atoms with E-state index in [-0.39, 0.29) is 11.9 Å². The van der Waals surface area contributed by atoms with E-state index in [4.69, 9.17) is 11.6 Å². The molecule has 1 N–H and O–H groups in total. The first-order chi connectivity index (χ1) is 12.0. The molecule has 0 aliphatic carbocycles. The molecule has 0 aliphatic heterocycles. The second-order valence-electron chi connectivity index (χ2n) is 6.17. The number of carbonyl (C=O) groups is 1. The number of carbonyl (C=O) groups excluding carboxylic acids is 1. The summed E-state index contributed by atoms with van der Waals surface area (Å²) in [6, 6.07) is 12.9. The highest BCUT2D eigenvalue weighted by Crippen LogP contribution is 2.23. The molecule has 0 bridgehead atoms. The zero-order valence-corrected chi connectivity index (χ0v) is 15.2. The van der Waals surface area contributed by atoms with Crippen LogP contribution in [0.4, 0.5) is 0 Å². The van der Waals surface area contributed by atoms with Crippen molar-refractivity contribution in [1.29, 1.82) is 0 Å². The largest absolute Gasteiger partial charge is 0.338 e. The van der Waals surface area contributed by atoms with Crippen LogP contribution in [-0.4, -0.2) is 15.5 Å². The van der Waals surface area contributed by atoms with E-state index in [0.29, 0.717) is 10.6 Å². The molecule has 4 nitrogen and oxygen atoms in total. The molecule has 25 heavy (non-hydrogen) atoms. The molecule has 1 atom stereocenters. The summed E-state index contributed by atoms with van der Waals surface area (Å²) in [6.45, 7) is 3.96. The number of nitrogens with one attached hydrogen (secondary N) is 1. The van der Waals surface area contributed by atoms with Gasteiger partial charge in [-0.1, -0.05) is 41.4 Å². The fraction of sp³-hybridized carbons (Fsp3) is 0.200. The Labute approximate surface area is 152 Å². The van der Waals surface area contributed by atoms with E-state index in [2.05, 4.69) is 10.3 Å². The van der Waals surface area contributed by atoms with Crippen LogP contribution in [0, 0.1) is 13.8 Å². The predicted octanol–water partition coefficient (Wildman–Crippen LogP) is 4.21. The number of aryl methyl sites for hydroxylation is 3. The maximum absolute atomic E-state index is 12.9. The molecule has 3 rings (SSSR count). The zero-order valence-electron chi connectivity index (χ0n) is 14.5. The van der Waals surface area contributed by atoms with Crippen molar-refractivity contribution in [2.75, 3.05) is 0 Å². The molecule has 5 heteroatoms. The van der Waals surface area contributed by atoms with E-state index in [0.717, 1.165) is 22.5 Å². The van der Waals surface area contributed by atoms with Gasteiger partial charge in [0.25, 0.3) is 5.91 Å². The molecule has 128 valence electrons. The first-order valence-electron chi connectivity index (χ1n) is 8.06. The second-order valence-corrected chi connectivity index (χ2v) is 6.61. The van der Waals surface area contributed by atoms with E-state index in [9.17, 15) is 4.79 Å². The van der Waals surface area contributed by atoms with Gasteiger partial charge in [0.1, 0.15) is 11.9 Å². The summed E-state index contributed by atoms with van der Waals surface area (Å²) < 4.78 is 1.90. The minimum atomic E-state index is -0.356. The number of imidazole rings is 1. The van der Waals surface area contributed by atoms with Crippen LogP contribution in [0.15, 0.2) is 54.9 Å². The minimum absolute atomic E-state index is 0.125. The highest BCUT2D eigenvalue weighted by atomic mass is 35.5. The van der Waals surface area contributed by atoms with Crippen LogP contribution < -0.4 is 5.32 Å². The number of nitrogens with zero attached hydrogens (tertiary/aromatic N) is 2. The molecule has 0 saturated heterocycles. The topological polar surface area (TPSA) is 46.9 Å². The number of benzene rings is 2. The third-order valence-corrected chi connectivity index (χ3v) is 4.47. The van der Waals surface area contributed by atoms with Crippen molar-refractivity contribution in [3.05, 3.63) is 88.0 Å². The van der Waals surface area contributed by atoms with Crippen LogP contribution in [0.25, 0.3) is 0 Å². The molecular formula is C20H20ClN3O. The van der Waals surface area contributed by atoms with Crippen LogP contribution in [0.1, 0.15) is 38.9 Å². The number of halogens is 1. The number of hydrogen-bond donors (Lipinski definition) is 1. The number of rotatable bonds is 4. The lowest BCUT2D eigenvalue weighted by Gasteiger charge is -2.20. The average molecular weight is 354 g/mol. The van der Waals surface area contributed by atoms with E-state index in [1.54, 1.807) is 6.20 Å². The zero-order chi connectivity index (χ0) is 18.0. The fourth-order valence-corrected chi connectivity index (χ4v) is 3.01. The Morgan fingerprint density at radius 3 is 2.48 bits per heavy atom. The lowest BCUT2D eigenvalue weighted by atomic mass is 10.0. The molecule has 0 fully saturated rings. The van der Waals surface area contributed by atoms with Crippen LogP contribution in [0.2, 0.25) is 5.02 Å². The van der Waals surface area contributed by atoms with Crippen molar-refractivity contribution < 1.29 is 4.79 Å². The van der Waals surface area contributed by atoms with E-state index >= 15 is 0 Å². The molecule has 0 spiro atoms. The Hall–Kier alpha value is -2.59. The molecule has 0 aliphatic rings. The number of hydrogen-bond acceptors (Lipinski definition) is 2. The van der Waals surface area contributed by atoms with Crippen molar-refractivity contribution >= 4 is 17.5 Å². The summed E-state index contributed by atoms with van der Waals surface area (Å²) >= 11 is 6.00. The third-order valence-electron chi connectivity index (χ3n) is 4.22. The van der Waals surface area contributed by atoms with Gasteiger partial charge in [-0.2, -0.15) is 0 Å². The fourth-order valence-electron chi connectivity index (χ4n) is 2.88. The van der Waals surface area contributed by atoms with Crippen molar-refractivity contribution in [3.63, 3.8) is 0 Å². The lowest BCUT2D eigenvalue weighted by Crippen LogP contribution is -2.31. The van der Waals surface area contributed by atoms with Gasteiger partial charge in [0.2, 0.25) is 0 Å². The minimum Gasteiger partial charge on any atom is -0.338 e. The van der Waals surface area contributed by atoms with Crippen molar-refractivity contribution in [3.8, 4) is 0 Å². The van der Waals surface area contributed by atoms with Gasteiger partial charge in [-0.3, -0.25) is 4.79 Å². The van der Waals surface area contributed by atoms with Crippen molar-refractivity contribution in [1.82, 2.24) is 14.9 Å². The summed E-state index contributed by atoms with van der Waals surface area (Å²) in [5.41, 5.74) is 3.68. The highest BCUT2D eigenvalue weighted by molar-refractivity contribution is 6.30. The van der Waals surface area contributed by atoms with E-state index in [1.165, 1.54) is 0 Å². The maximum atomic E-state index is 12.9. The van der Waals surface area contributed by atoms with E-state index in [1.807, 2.05) is 74.1 Å². The van der Waals surface area contributed by atoms with Gasteiger partial charge in [0, 0.05) is 30.0 Å². The monoisotopic (exact) mass is 353 g/mol. The molecule has 1 aromatic heterocycles. The average Bonchev–Trinajstić information content (AvgIpc) is 2.99. The normalized spacial score (nSPS) is 12.0. The third kappa shape index (κ3) is 3.74. The van der Waals surface area contributed by atoms with Crippen molar-refractivity contribution in [2.24, 2.45) is 7.05 Å². The van der Waals surface area contributed by atoms with Crippen LogP contribution >= 0.6 is 11.6 Å². The quantitative estimate of drug-likeness (QED) is 0.763. The smallest absolute Gasteiger partial charge is 0.252 e. The van der Waals surface area contributed by atoms with Crippen LogP contribution in [-0.2, 0) is 7.05 Å². The molecule has 0 saturated carbocycles. The Balaban J connectivity index is 1.96. The Morgan fingerprint density at radius 2 is 1.88 bits per heavy atom. The standard InChI is InChI=1S/C20H20ClN3O/c1-13-4-9-17(14(2)12-13)20(25)23-18(19-22-10-11-24(19)3)15-5-7-16(21)8-6-15/h4-12,18H,1-3H3,(H,23,25)/t18-/m1/s1. The summed E-state index contributed by atoms with van der Waals surface area (Å²) in [4.78, 5) is 17.3. The Morgan fingerprint density at radius 1 is 1.16 bits per heavy atom. The van der Waals surface area contributed by atoms with Gasteiger partial charge >= 0.3 is 0 Å². The first-order valence-corrected chi connectivity index (χ1v) is 8.44.